The molecule has 0 radical (unpaired) electrons. The van der Waals surface area contributed by atoms with Crippen LogP contribution in [0.1, 0.15) is 0 Å². The average Bonchev–Trinajstić information content (AvgIpc) is 2.75. The van der Waals surface area contributed by atoms with Crippen LogP contribution in [0.4, 0.5) is 5.69 Å². The molecule has 1 heterocycles. The molecule has 0 unspecified atom stereocenters. The number of hydrogen-bond donors (Lipinski definition) is 0. The summed E-state index contributed by atoms with van der Waals surface area (Å²) in [6.45, 7) is 0. The highest BCUT2D eigenvalue weighted by Gasteiger charge is 2.27. The summed E-state index contributed by atoms with van der Waals surface area (Å²) in [5, 5.41) is 3.73. The molecule has 0 fully saturated rings. The second kappa shape index (κ2) is 7.51. The van der Waals surface area contributed by atoms with Gasteiger partial charge in [-0.2, -0.15) is 0 Å². The van der Waals surface area contributed by atoms with Crippen molar-refractivity contribution in [1.82, 2.24) is 4.98 Å². The lowest BCUT2D eigenvalue weighted by atomic mass is 10.4. The Morgan fingerprint density at radius 2 is 0.885 bits per heavy atom. The van der Waals surface area contributed by atoms with Crippen molar-refractivity contribution in [3.63, 3.8) is 0 Å². The number of benzene rings is 3. The maximum absolute atomic E-state index is 5.37. The largest absolute Gasteiger partial charge is 0.265 e. The van der Waals surface area contributed by atoms with Crippen LogP contribution in [-0.4, -0.2) is 4.98 Å². The van der Waals surface area contributed by atoms with E-state index in [1.165, 1.54) is 15.9 Å². The van der Waals surface area contributed by atoms with Crippen molar-refractivity contribution in [3.05, 3.63) is 116 Å². The van der Waals surface area contributed by atoms with Crippen LogP contribution >= 0.6 is 7.05 Å². The minimum absolute atomic E-state index is 0.949. The van der Waals surface area contributed by atoms with Crippen molar-refractivity contribution in [2.75, 3.05) is 0 Å². The number of hydrogen-bond acceptors (Lipinski definition) is 2. The van der Waals surface area contributed by atoms with Crippen LogP contribution < -0.4 is 15.9 Å². The van der Waals surface area contributed by atoms with Crippen LogP contribution in [0.5, 0.6) is 0 Å². The summed E-state index contributed by atoms with van der Waals surface area (Å²) in [7, 11) is -2.18. The zero-order chi connectivity index (χ0) is 17.7. The number of aromatic nitrogens is 1. The van der Waals surface area contributed by atoms with Gasteiger partial charge in [-0.25, -0.2) is 0 Å². The molecule has 2 nitrogen and oxygen atoms in total. The molecule has 126 valence electrons. The third-order valence-electron chi connectivity index (χ3n) is 4.32. The molecule has 26 heavy (non-hydrogen) atoms. The van der Waals surface area contributed by atoms with Crippen LogP contribution in [0, 0.1) is 0 Å². The molecule has 4 rings (SSSR count). The Hall–Kier alpha value is -2.96. The highest BCUT2D eigenvalue weighted by molar-refractivity contribution is 7.87. The zero-order valence-electron chi connectivity index (χ0n) is 14.3. The van der Waals surface area contributed by atoms with E-state index in [-0.39, 0.29) is 0 Å². The molecule has 1 aromatic heterocycles. The Kier molecular flexibility index (Phi) is 4.77. The lowest BCUT2D eigenvalue weighted by molar-refractivity contribution is 1.32. The molecule has 3 heteroatoms. The molecule has 4 aromatic rings. The number of rotatable bonds is 4. The van der Waals surface area contributed by atoms with E-state index in [4.69, 9.17) is 4.74 Å². The predicted octanol–water partition coefficient (Wildman–Crippen LogP) is 4.89. The van der Waals surface area contributed by atoms with E-state index in [2.05, 4.69) is 96.0 Å². The van der Waals surface area contributed by atoms with Gasteiger partial charge in [0, 0.05) is 28.3 Å². The Balaban J connectivity index is 2.13. The normalized spacial score (nSPS) is 11.1. The molecule has 0 atom stereocenters. The summed E-state index contributed by atoms with van der Waals surface area (Å²) in [6, 6.07) is 35.8. The van der Waals surface area contributed by atoms with E-state index >= 15 is 0 Å². The predicted molar refractivity (Wildman–Crippen MR) is 111 cm³/mol. The summed E-state index contributed by atoms with van der Waals surface area (Å²) < 4.78 is 5.37. The first-order valence-electron chi connectivity index (χ1n) is 8.59. The fourth-order valence-electron chi connectivity index (χ4n) is 3.14. The van der Waals surface area contributed by atoms with Gasteiger partial charge < -0.3 is 0 Å². The van der Waals surface area contributed by atoms with Gasteiger partial charge in [-0.05, 0) is 12.1 Å². The van der Waals surface area contributed by atoms with E-state index < -0.39 is 7.05 Å². The molecule has 0 spiro atoms. The van der Waals surface area contributed by atoms with E-state index in [0.29, 0.717) is 0 Å². The minimum Gasteiger partial charge on any atom is -0.265 e. The first-order chi connectivity index (χ1) is 12.9. The molecule has 0 saturated heterocycles. The molecule has 0 saturated carbocycles. The van der Waals surface area contributed by atoms with Crippen molar-refractivity contribution in [2.24, 2.45) is 4.74 Å². The summed E-state index contributed by atoms with van der Waals surface area (Å²) in [4.78, 5) is 4.15. The smallest absolute Gasteiger partial charge is 0.0655 e. The highest BCUT2D eigenvalue weighted by atomic mass is 31.2. The fourth-order valence-corrected chi connectivity index (χ4v) is 6.67. The van der Waals surface area contributed by atoms with Gasteiger partial charge in [-0.15, -0.1) is 0 Å². The molecule has 0 aliphatic rings. The first-order valence-corrected chi connectivity index (χ1v) is 10.3. The van der Waals surface area contributed by atoms with Gasteiger partial charge in [0.15, 0.2) is 0 Å². The van der Waals surface area contributed by atoms with Crippen LogP contribution in [0.15, 0.2) is 120 Å². The molecule has 3 aromatic carbocycles. The van der Waals surface area contributed by atoms with E-state index in [0.717, 1.165) is 5.69 Å². The standard InChI is InChI=1S/C23H19N2P/c1-4-10-21(11-5-1)26(22-12-6-2-7-13-22,23-14-8-3-9-15-23)25-20-16-18-24-19-17-20/h1-19H. The van der Waals surface area contributed by atoms with Crippen molar-refractivity contribution < 1.29 is 0 Å². The maximum Gasteiger partial charge on any atom is 0.0655 e. The van der Waals surface area contributed by atoms with Gasteiger partial charge in [0.1, 0.15) is 0 Å². The molecular formula is C23H19N2P. The topological polar surface area (TPSA) is 25.2 Å². The van der Waals surface area contributed by atoms with E-state index in [9.17, 15) is 0 Å². The van der Waals surface area contributed by atoms with Gasteiger partial charge in [-0.1, -0.05) is 91.0 Å². The van der Waals surface area contributed by atoms with Crippen LogP contribution in [0.25, 0.3) is 0 Å². The molecule has 0 N–H and O–H groups in total. The summed E-state index contributed by atoms with van der Waals surface area (Å²) in [5.41, 5.74) is 0.949. The van der Waals surface area contributed by atoms with Gasteiger partial charge >= 0.3 is 0 Å². The van der Waals surface area contributed by atoms with Gasteiger partial charge in [-0.3, -0.25) is 9.73 Å². The highest BCUT2D eigenvalue weighted by Crippen LogP contribution is 2.48. The van der Waals surface area contributed by atoms with Crippen molar-refractivity contribution in [3.8, 4) is 0 Å². The maximum atomic E-state index is 5.37. The zero-order valence-corrected chi connectivity index (χ0v) is 15.2. The second-order valence-corrected chi connectivity index (χ2v) is 8.97. The monoisotopic (exact) mass is 354 g/mol. The number of pyridine rings is 1. The van der Waals surface area contributed by atoms with Crippen LogP contribution in [-0.2, 0) is 0 Å². The third-order valence-corrected chi connectivity index (χ3v) is 7.99. The Labute approximate surface area is 154 Å². The Bertz CT molecular complexity index is 911. The lowest BCUT2D eigenvalue weighted by Crippen LogP contribution is -2.25. The fraction of sp³-hybridized carbons (Fsp3) is 0. The van der Waals surface area contributed by atoms with E-state index in [1.54, 1.807) is 12.4 Å². The summed E-state index contributed by atoms with van der Waals surface area (Å²) >= 11 is 0. The lowest BCUT2D eigenvalue weighted by Gasteiger charge is -2.26. The molecule has 0 amide bonds. The van der Waals surface area contributed by atoms with Crippen molar-refractivity contribution >= 4 is 28.7 Å². The first kappa shape index (κ1) is 16.5. The van der Waals surface area contributed by atoms with Crippen molar-refractivity contribution in [2.45, 2.75) is 0 Å². The second-order valence-electron chi connectivity index (χ2n) is 5.95. The van der Waals surface area contributed by atoms with Gasteiger partial charge in [0.2, 0.25) is 0 Å². The van der Waals surface area contributed by atoms with E-state index in [1.807, 2.05) is 12.1 Å². The average molecular weight is 354 g/mol. The quantitative estimate of drug-likeness (QED) is 0.479. The van der Waals surface area contributed by atoms with Crippen molar-refractivity contribution in [1.29, 1.82) is 0 Å². The SMILES string of the molecule is c1ccc(P(=Nc2ccncc2)(c2ccccc2)c2ccccc2)cc1. The Morgan fingerprint density at radius 3 is 1.27 bits per heavy atom. The minimum atomic E-state index is -2.18. The van der Waals surface area contributed by atoms with Crippen LogP contribution in [0.2, 0.25) is 0 Å². The van der Waals surface area contributed by atoms with Crippen LogP contribution in [0.3, 0.4) is 0 Å². The van der Waals surface area contributed by atoms with Gasteiger partial charge in [0.25, 0.3) is 0 Å². The summed E-state index contributed by atoms with van der Waals surface area (Å²) in [5.74, 6) is 0. The third kappa shape index (κ3) is 3.12. The molecule has 0 aliphatic heterocycles. The molecule has 0 aliphatic carbocycles. The Morgan fingerprint density at radius 1 is 0.500 bits per heavy atom. The molecule has 0 bridgehead atoms. The number of nitrogens with zero attached hydrogens (tertiary/aromatic N) is 2. The molecular weight excluding hydrogens is 335 g/mol. The summed E-state index contributed by atoms with van der Waals surface area (Å²) in [6.07, 6.45) is 3.60. The van der Waals surface area contributed by atoms with Gasteiger partial charge in [0.05, 0.1) is 12.7 Å².